The molecule has 0 saturated heterocycles. The summed E-state index contributed by atoms with van der Waals surface area (Å²) in [6.45, 7) is 0.926. The summed E-state index contributed by atoms with van der Waals surface area (Å²) in [5.41, 5.74) is 2.11. The van der Waals surface area contributed by atoms with Gasteiger partial charge in [-0.15, -0.1) is 0 Å². The molecule has 0 aromatic heterocycles. The average Bonchev–Trinajstić information content (AvgIpc) is 2.86. The van der Waals surface area contributed by atoms with E-state index in [-0.39, 0.29) is 6.04 Å². The van der Waals surface area contributed by atoms with Gasteiger partial charge < -0.3 is 10.3 Å². The van der Waals surface area contributed by atoms with Gasteiger partial charge in [-0.2, -0.15) is 0 Å². The molecule has 3 aliphatic rings. The summed E-state index contributed by atoms with van der Waals surface area (Å²) < 4.78 is 0. The molecule has 0 amide bonds. The minimum absolute atomic E-state index is 0.260. The molecule has 3 heterocycles. The van der Waals surface area contributed by atoms with Gasteiger partial charge in [-0.05, 0) is 6.07 Å². The number of aromatic amines is 1. The van der Waals surface area contributed by atoms with Crippen molar-refractivity contribution in [1.82, 2.24) is 20.3 Å². The molecule has 4 nitrogen and oxygen atoms in total. The first-order valence-corrected chi connectivity index (χ1v) is 4.62. The second-order valence-electron chi connectivity index (χ2n) is 3.35. The summed E-state index contributed by atoms with van der Waals surface area (Å²) in [4.78, 5) is 11.5. The fraction of sp³-hybridized carbons (Fsp3) is 0.200. The van der Waals surface area contributed by atoms with Crippen LogP contribution in [0.5, 0.6) is 0 Å². The summed E-state index contributed by atoms with van der Waals surface area (Å²) in [5, 5.41) is 3.33. The monoisotopic (exact) mass is 186 g/mol. The highest BCUT2D eigenvalue weighted by molar-refractivity contribution is 5.57. The van der Waals surface area contributed by atoms with Crippen LogP contribution in [0.25, 0.3) is 11.4 Å². The van der Waals surface area contributed by atoms with Crippen LogP contribution in [0.15, 0.2) is 30.7 Å². The van der Waals surface area contributed by atoms with Crippen LogP contribution in [-0.2, 0) is 0 Å². The van der Waals surface area contributed by atoms with Gasteiger partial charge in [0.05, 0.1) is 18.1 Å². The zero-order valence-electron chi connectivity index (χ0n) is 7.57. The molecular formula is C10H10N4. The zero-order valence-corrected chi connectivity index (χ0v) is 7.57. The Labute approximate surface area is 81.4 Å². The van der Waals surface area contributed by atoms with E-state index in [9.17, 15) is 0 Å². The van der Waals surface area contributed by atoms with Crippen molar-refractivity contribution in [3.05, 3.63) is 36.4 Å². The zero-order chi connectivity index (χ0) is 9.38. The first-order valence-electron chi connectivity index (χ1n) is 4.62. The third-order valence-corrected chi connectivity index (χ3v) is 2.41. The molecule has 3 rings (SSSR count). The van der Waals surface area contributed by atoms with Crippen molar-refractivity contribution < 1.29 is 0 Å². The fourth-order valence-corrected chi connectivity index (χ4v) is 1.71. The Kier molecular flexibility index (Phi) is 1.61. The Bertz CT molecular complexity index is 415. The smallest absolute Gasteiger partial charge is 0.140 e. The predicted octanol–water partition coefficient (Wildman–Crippen LogP) is 1.11. The molecule has 4 heteroatoms. The molecule has 0 aromatic rings. The number of fused-ring (bicyclic) bond motifs is 1. The average molecular weight is 186 g/mol. The van der Waals surface area contributed by atoms with Crippen LogP contribution in [-0.4, -0.2) is 21.5 Å². The van der Waals surface area contributed by atoms with E-state index < -0.39 is 0 Å². The molecule has 1 unspecified atom stereocenters. The van der Waals surface area contributed by atoms with E-state index in [2.05, 4.69) is 38.5 Å². The van der Waals surface area contributed by atoms with Gasteiger partial charge in [0.2, 0.25) is 0 Å². The first-order chi connectivity index (χ1) is 6.93. The molecular weight excluding hydrogens is 176 g/mol. The topological polar surface area (TPSA) is 53.6 Å². The van der Waals surface area contributed by atoms with Gasteiger partial charge in [0.25, 0.3) is 0 Å². The van der Waals surface area contributed by atoms with Crippen molar-refractivity contribution in [2.24, 2.45) is 0 Å². The second kappa shape index (κ2) is 2.92. The molecule has 0 radical (unpaired) electrons. The standard InChI is InChI=1S/C10H10N4/c1-2-8(12-3-1)9-4-7-5-11-6-13-10(7)14-9/h1-2,4-6,8,12H,3H2,(H,11,13,14). The molecule has 14 heavy (non-hydrogen) atoms. The van der Waals surface area contributed by atoms with E-state index in [0.717, 1.165) is 23.6 Å². The van der Waals surface area contributed by atoms with Crippen molar-refractivity contribution in [2.75, 3.05) is 6.54 Å². The molecule has 0 fully saturated rings. The molecule has 0 saturated carbocycles. The second-order valence-corrected chi connectivity index (χ2v) is 3.35. The Morgan fingerprint density at radius 3 is 3.21 bits per heavy atom. The number of hydrogen-bond acceptors (Lipinski definition) is 3. The van der Waals surface area contributed by atoms with Gasteiger partial charge in [-0.1, -0.05) is 12.2 Å². The van der Waals surface area contributed by atoms with E-state index in [0.29, 0.717) is 0 Å². The number of nitrogens with zero attached hydrogens (tertiary/aromatic N) is 2. The van der Waals surface area contributed by atoms with Gasteiger partial charge in [0.1, 0.15) is 5.82 Å². The lowest BCUT2D eigenvalue weighted by molar-refractivity contribution is 0.697. The number of hydrogen-bond donors (Lipinski definition) is 2. The summed E-state index contributed by atoms with van der Waals surface area (Å²) in [7, 11) is 0. The molecule has 0 aliphatic carbocycles. The van der Waals surface area contributed by atoms with Crippen molar-refractivity contribution >= 4 is 0 Å². The SMILES string of the molecule is C1=CC(c2cc3cnc[nH]c-3n2)NC1. The van der Waals surface area contributed by atoms with E-state index in [4.69, 9.17) is 0 Å². The maximum absolute atomic E-state index is 4.49. The largest absolute Gasteiger partial charge is 0.331 e. The van der Waals surface area contributed by atoms with Crippen molar-refractivity contribution in [3.63, 3.8) is 0 Å². The number of nitrogens with one attached hydrogen (secondary N) is 2. The minimum Gasteiger partial charge on any atom is -0.331 e. The van der Waals surface area contributed by atoms with Crippen LogP contribution in [0.4, 0.5) is 0 Å². The molecule has 0 spiro atoms. The first kappa shape index (κ1) is 7.70. The molecule has 0 bridgehead atoms. The lowest BCUT2D eigenvalue weighted by Crippen LogP contribution is -2.13. The minimum atomic E-state index is 0.260. The summed E-state index contributed by atoms with van der Waals surface area (Å²) in [6.07, 6.45) is 7.72. The third kappa shape index (κ3) is 1.12. The van der Waals surface area contributed by atoms with E-state index in [1.54, 1.807) is 6.33 Å². The maximum Gasteiger partial charge on any atom is 0.140 e. The van der Waals surface area contributed by atoms with Crippen molar-refractivity contribution in [3.8, 4) is 11.4 Å². The van der Waals surface area contributed by atoms with E-state index >= 15 is 0 Å². The Balaban J connectivity index is 2.06. The highest BCUT2D eigenvalue weighted by Gasteiger charge is 2.16. The normalized spacial score (nSPS) is 20.7. The van der Waals surface area contributed by atoms with Crippen molar-refractivity contribution in [1.29, 1.82) is 0 Å². The summed E-state index contributed by atoms with van der Waals surface area (Å²) in [5.74, 6) is 0.900. The van der Waals surface area contributed by atoms with Crippen LogP contribution in [0.3, 0.4) is 0 Å². The molecule has 0 aromatic carbocycles. The third-order valence-electron chi connectivity index (χ3n) is 2.41. The van der Waals surface area contributed by atoms with Gasteiger partial charge in [-0.25, -0.2) is 9.97 Å². The summed E-state index contributed by atoms with van der Waals surface area (Å²) in [6, 6.07) is 2.32. The maximum atomic E-state index is 4.49. The Hall–Kier alpha value is -1.68. The highest BCUT2D eigenvalue weighted by atomic mass is 15.0. The van der Waals surface area contributed by atoms with E-state index in [1.165, 1.54) is 0 Å². The number of H-pyrrole nitrogens is 1. The number of rotatable bonds is 1. The van der Waals surface area contributed by atoms with Gasteiger partial charge >= 0.3 is 0 Å². The fourth-order valence-electron chi connectivity index (χ4n) is 1.71. The Morgan fingerprint density at radius 1 is 1.43 bits per heavy atom. The van der Waals surface area contributed by atoms with Gasteiger partial charge in [-0.3, -0.25) is 0 Å². The summed E-state index contributed by atoms with van der Waals surface area (Å²) >= 11 is 0. The molecule has 1 atom stereocenters. The Morgan fingerprint density at radius 2 is 2.43 bits per heavy atom. The van der Waals surface area contributed by atoms with E-state index in [1.807, 2.05) is 6.20 Å². The lowest BCUT2D eigenvalue weighted by atomic mass is 10.2. The van der Waals surface area contributed by atoms with Crippen LogP contribution in [0.2, 0.25) is 0 Å². The van der Waals surface area contributed by atoms with Crippen LogP contribution >= 0.6 is 0 Å². The highest BCUT2D eigenvalue weighted by Crippen LogP contribution is 2.24. The predicted molar refractivity (Wildman–Crippen MR) is 52.9 cm³/mol. The number of aromatic nitrogens is 3. The van der Waals surface area contributed by atoms with Crippen LogP contribution in [0.1, 0.15) is 11.7 Å². The molecule has 3 aliphatic heterocycles. The molecule has 70 valence electrons. The van der Waals surface area contributed by atoms with Gasteiger partial charge in [0, 0.05) is 18.3 Å². The quantitative estimate of drug-likeness (QED) is 0.656. The lowest BCUT2D eigenvalue weighted by Gasteiger charge is -2.03. The van der Waals surface area contributed by atoms with Crippen molar-refractivity contribution in [2.45, 2.75) is 6.04 Å². The molecule has 2 N–H and O–H groups in total. The van der Waals surface area contributed by atoms with Gasteiger partial charge in [0.15, 0.2) is 0 Å². The van der Waals surface area contributed by atoms with Crippen LogP contribution in [0, 0.1) is 0 Å². The van der Waals surface area contributed by atoms with Crippen LogP contribution < -0.4 is 5.32 Å².